The van der Waals surface area contributed by atoms with Gasteiger partial charge >= 0.3 is 0 Å². The van der Waals surface area contributed by atoms with E-state index in [9.17, 15) is 0 Å². The van der Waals surface area contributed by atoms with Gasteiger partial charge in [0.1, 0.15) is 7.78 Å². The van der Waals surface area contributed by atoms with Crippen LogP contribution in [0.4, 0.5) is 0 Å². The summed E-state index contributed by atoms with van der Waals surface area (Å²) >= 11 is 6.20. The second-order valence-electron chi connectivity index (χ2n) is 3.71. The van der Waals surface area contributed by atoms with Crippen LogP contribution < -0.4 is 0 Å². The summed E-state index contributed by atoms with van der Waals surface area (Å²) in [6.07, 6.45) is 1.96. The molecule has 2 aromatic rings. The average molecular weight is 363 g/mol. The van der Waals surface area contributed by atoms with Gasteiger partial charge in [-0.25, -0.2) is 9.50 Å². The van der Waals surface area contributed by atoms with Gasteiger partial charge in [0.25, 0.3) is 0 Å². The van der Waals surface area contributed by atoms with Gasteiger partial charge in [0.15, 0.2) is 5.65 Å². The van der Waals surface area contributed by atoms with Crippen LogP contribution in [0, 0.1) is 3.70 Å². The van der Waals surface area contributed by atoms with E-state index < -0.39 is 0 Å². The summed E-state index contributed by atoms with van der Waals surface area (Å²) in [4.78, 5) is 4.42. The maximum Gasteiger partial charge on any atom is 0.153 e. The molecule has 16 heavy (non-hydrogen) atoms. The molecular formula is C10H10IN3S2. The molecule has 0 aromatic carbocycles. The lowest BCUT2D eigenvalue weighted by molar-refractivity contribution is 0.814. The van der Waals surface area contributed by atoms with E-state index in [4.69, 9.17) is 0 Å². The molecule has 0 saturated carbocycles. The third-order valence-corrected chi connectivity index (χ3v) is 6.51. The predicted molar refractivity (Wildman–Crippen MR) is 78.0 cm³/mol. The van der Waals surface area contributed by atoms with Crippen LogP contribution in [-0.2, 0) is 4.08 Å². The van der Waals surface area contributed by atoms with Crippen molar-refractivity contribution in [1.82, 2.24) is 14.6 Å². The number of rotatable bonds is 1. The monoisotopic (exact) mass is 363 g/mol. The second-order valence-corrected chi connectivity index (χ2v) is 8.10. The first-order valence-corrected chi connectivity index (χ1v) is 8.03. The summed E-state index contributed by atoms with van der Waals surface area (Å²) in [6.45, 7) is 2.26. The Kier molecular flexibility index (Phi) is 2.83. The normalized spacial score (nSPS) is 19.4. The van der Waals surface area contributed by atoms with Gasteiger partial charge in [-0.2, -0.15) is 5.10 Å². The quantitative estimate of drug-likeness (QED) is 0.729. The van der Waals surface area contributed by atoms with E-state index in [0.717, 1.165) is 9.35 Å². The highest BCUT2D eigenvalue weighted by Crippen LogP contribution is 2.51. The maximum absolute atomic E-state index is 4.54. The van der Waals surface area contributed by atoms with E-state index in [1.165, 1.54) is 17.2 Å². The van der Waals surface area contributed by atoms with Crippen LogP contribution in [0.5, 0.6) is 0 Å². The van der Waals surface area contributed by atoms with Crippen molar-refractivity contribution in [2.24, 2.45) is 0 Å². The van der Waals surface area contributed by atoms with Crippen LogP contribution in [0.15, 0.2) is 18.3 Å². The molecule has 2 aromatic heterocycles. The molecule has 0 atom stereocenters. The van der Waals surface area contributed by atoms with Gasteiger partial charge in [0.05, 0.1) is 11.9 Å². The van der Waals surface area contributed by atoms with E-state index in [1.54, 1.807) is 0 Å². The molecule has 3 rings (SSSR count). The Morgan fingerprint density at radius 1 is 1.38 bits per heavy atom. The largest absolute Gasteiger partial charge is 0.235 e. The number of halogens is 1. The molecule has 0 unspecified atom stereocenters. The first kappa shape index (κ1) is 11.2. The number of aromatic nitrogens is 3. The zero-order chi connectivity index (χ0) is 11.2. The lowest BCUT2D eigenvalue weighted by atomic mass is 10.3. The molecule has 0 aliphatic carbocycles. The standard InChI is InChI=1S/C10H10IN3S2/c1-10(15-4-5-16-10)7-6-12-9-3-2-8(11)13-14(7)9/h2-3,6H,4-5H2,1H3. The van der Waals surface area contributed by atoms with Crippen LogP contribution in [0.3, 0.4) is 0 Å². The zero-order valence-corrected chi connectivity index (χ0v) is 12.5. The molecule has 1 aliphatic heterocycles. The Balaban J connectivity index is 2.19. The minimum absolute atomic E-state index is 0.108. The molecule has 0 amide bonds. The Morgan fingerprint density at radius 3 is 2.88 bits per heavy atom. The molecule has 1 saturated heterocycles. The average Bonchev–Trinajstić information content (AvgIpc) is 2.84. The van der Waals surface area contributed by atoms with Gasteiger partial charge in [-0.1, -0.05) is 0 Å². The molecule has 1 fully saturated rings. The van der Waals surface area contributed by atoms with Gasteiger partial charge in [0, 0.05) is 11.5 Å². The first-order chi connectivity index (χ1) is 7.69. The minimum Gasteiger partial charge on any atom is -0.235 e. The molecule has 6 heteroatoms. The molecule has 3 nitrogen and oxygen atoms in total. The molecular weight excluding hydrogens is 353 g/mol. The van der Waals surface area contributed by atoms with Crippen molar-refractivity contribution >= 4 is 51.8 Å². The Hall–Kier alpha value is 0.0500. The number of fused-ring (bicyclic) bond motifs is 1. The van der Waals surface area contributed by atoms with E-state index in [0.29, 0.717) is 0 Å². The highest BCUT2D eigenvalue weighted by Gasteiger charge is 2.35. The lowest BCUT2D eigenvalue weighted by Crippen LogP contribution is -2.13. The second kappa shape index (κ2) is 4.06. The van der Waals surface area contributed by atoms with Gasteiger partial charge in [-0.15, -0.1) is 23.5 Å². The summed E-state index contributed by atoms with van der Waals surface area (Å²) in [5, 5.41) is 4.54. The summed E-state index contributed by atoms with van der Waals surface area (Å²) < 4.78 is 3.09. The van der Waals surface area contributed by atoms with Crippen molar-refractivity contribution in [1.29, 1.82) is 0 Å². The smallest absolute Gasteiger partial charge is 0.153 e. The summed E-state index contributed by atoms with van der Waals surface area (Å²) in [5.41, 5.74) is 2.14. The van der Waals surface area contributed by atoms with Crippen molar-refractivity contribution in [3.05, 3.63) is 27.7 Å². The van der Waals surface area contributed by atoms with E-state index in [-0.39, 0.29) is 4.08 Å². The van der Waals surface area contributed by atoms with Crippen molar-refractivity contribution in [2.75, 3.05) is 11.5 Å². The Labute approximate surface area is 116 Å². The fourth-order valence-electron chi connectivity index (χ4n) is 1.82. The van der Waals surface area contributed by atoms with Crippen LogP contribution in [0.25, 0.3) is 5.65 Å². The molecule has 3 heterocycles. The number of hydrogen-bond donors (Lipinski definition) is 0. The lowest BCUT2D eigenvalue weighted by Gasteiger charge is -2.20. The SMILES string of the molecule is CC1(c2cnc3ccc(I)nn23)SCCS1. The van der Waals surface area contributed by atoms with Crippen LogP contribution in [0.2, 0.25) is 0 Å². The predicted octanol–water partition coefficient (Wildman–Crippen LogP) is 2.99. The van der Waals surface area contributed by atoms with Crippen LogP contribution in [0.1, 0.15) is 12.6 Å². The number of nitrogens with zero attached hydrogens (tertiary/aromatic N) is 3. The fraction of sp³-hybridized carbons (Fsp3) is 0.400. The molecule has 0 N–H and O–H groups in total. The molecule has 0 spiro atoms. The van der Waals surface area contributed by atoms with Crippen molar-refractivity contribution in [3.63, 3.8) is 0 Å². The highest BCUT2D eigenvalue weighted by molar-refractivity contribution is 14.1. The minimum atomic E-state index is 0.108. The zero-order valence-electron chi connectivity index (χ0n) is 8.68. The van der Waals surface area contributed by atoms with Gasteiger partial charge < -0.3 is 0 Å². The molecule has 0 radical (unpaired) electrons. The van der Waals surface area contributed by atoms with E-state index in [1.807, 2.05) is 46.4 Å². The molecule has 1 aliphatic rings. The summed E-state index contributed by atoms with van der Waals surface area (Å²) in [7, 11) is 0. The number of hydrogen-bond acceptors (Lipinski definition) is 4. The fourth-order valence-corrected chi connectivity index (χ4v) is 5.07. The topological polar surface area (TPSA) is 30.2 Å². The van der Waals surface area contributed by atoms with E-state index in [2.05, 4.69) is 39.6 Å². The first-order valence-electron chi connectivity index (χ1n) is 4.98. The van der Waals surface area contributed by atoms with Crippen molar-refractivity contribution in [3.8, 4) is 0 Å². The third-order valence-electron chi connectivity index (χ3n) is 2.63. The Morgan fingerprint density at radius 2 is 2.12 bits per heavy atom. The molecule has 84 valence electrons. The van der Waals surface area contributed by atoms with Gasteiger partial charge in [-0.05, 0) is 41.6 Å². The van der Waals surface area contributed by atoms with Gasteiger partial charge in [-0.3, -0.25) is 0 Å². The summed E-state index contributed by atoms with van der Waals surface area (Å²) in [5.74, 6) is 2.41. The molecule has 0 bridgehead atoms. The maximum atomic E-state index is 4.54. The summed E-state index contributed by atoms with van der Waals surface area (Å²) in [6, 6.07) is 4.01. The van der Waals surface area contributed by atoms with Crippen LogP contribution >= 0.6 is 46.1 Å². The van der Waals surface area contributed by atoms with Crippen molar-refractivity contribution < 1.29 is 0 Å². The van der Waals surface area contributed by atoms with Crippen LogP contribution in [-0.4, -0.2) is 26.1 Å². The highest BCUT2D eigenvalue weighted by atomic mass is 127. The number of thioether (sulfide) groups is 2. The van der Waals surface area contributed by atoms with E-state index >= 15 is 0 Å². The van der Waals surface area contributed by atoms with Crippen molar-refractivity contribution in [2.45, 2.75) is 11.0 Å². The Bertz CT molecular complexity index is 534. The number of imidazole rings is 1. The van der Waals surface area contributed by atoms with Gasteiger partial charge in [0.2, 0.25) is 0 Å². The third kappa shape index (κ3) is 1.74.